The van der Waals surface area contributed by atoms with Crippen LogP contribution in [0.25, 0.3) is 21.8 Å². The molecule has 19 N–H and O–H groups in total. The molecule has 49 heteroatoms. The van der Waals surface area contributed by atoms with Gasteiger partial charge < -0.3 is 95.0 Å². The SMILES string of the molecule is CC(N)C(=O)NC1CSCCS(=O)(=O)N2Cc3cncc(c3)CN3Cc4cncc(c4)CN(Cc4cncc(c4)C2)S(=O)(=O)CCSCC(C(N)=O)NC(=O)C2CCCN2C(=O)C(C(C)C)NC(=O)C(Cc2c[nH]c4ccccc24)NC(=O)CNC(=O)C(CC(=O)O)NC(=O)C(C(C)C)NC(=O)C(Cc2c[nH]c4ccccc24)NC(=O)C(CSCCS3=O)NC(=O)C2CCCC(O)C(NC1=O)C(=O)N2. The Labute approximate surface area is 818 Å². The summed E-state index contributed by atoms with van der Waals surface area (Å²) in [5, 5.41) is 51.8. The Kier molecular flexibility index (Phi) is 37.5. The van der Waals surface area contributed by atoms with Gasteiger partial charge in [0.05, 0.1) is 47.6 Å². The van der Waals surface area contributed by atoms with E-state index in [0.29, 0.717) is 72.7 Å². The number of aliphatic carboxylic acids is 1. The number of hydrogen-bond acceptors (Lipinski definition) is 27. The molecule has 43 nitrogen and oxygen atoms in total. The van der Waals surface area contributed by atoms with Gasteiger partial charge in [-0.3, -0.25) is 82.1 Å². The number of aliphatic hydroxyl groups is 1. The van der Waals surface area contributed by atoms with Crippen molar-refractivity contribution < 1.29 is 98.4 Å². The molecule has 139 heavy (non-hydrogen) atoms. The van der Waals surface area contributed by atoms with E-state index in [0.717, 1.165) is 39.6 Å². The highest BCUT2D eigenvalue weighted by Gasteiger charge is 2.44. The summed E-state index contributed by atoms with van der Waals surface area (Å²) in [6, 6.07) is 0.409. The molecule has 750 valence electrons. The number of carbonyl (C=O) groups is 14. The number of benzene rings is 2. The fraction of sp³-hybridized carbons (Fsp3) is 0.500. The highest BCUT2D eigenvalue weighted by molar-refractivity contribution is 8.01. The molecule has 5 aliphatic rings. The van der Waals surface area contributed by atoms with Gasteiger partial charge >= 0.3 is 5.97 Å². The number of aromatic nitrogens is 5. The van der Waals surface area contributed by atoms with Gasteiger partial charge in [0.15, 0.2) is 0 Å². The Hall–Kier alpha value is -11.6. The smallest absolute Gasteiger partial charge is 0.305 e. The van der Waals surface area contributed by atoms with Gasteiger partial charge in [0.25, 0.3) is 0 Å². The molecule has 10 heterocycles. The van der Waals surface area contributed by atoms with Crippen molar-refractivity contribution in [3.05, 3.63) is 161 Å². The largest absolute Gasteiger partial charge is 0.481 e. The monoisotopic (exact) mass is 2030 g/mol. The van der Waals surface area contributed by atoms with E-state index in [2.05, 4.69) is 83.4 Å². The molecule has 0 aliphatic carbocycles. The minimum absolute atomic E-state index is 0.0103. The van der Waals surface area contributed by atoms with Crippen molar-refractivity contribution >= 4 is 171 Å². The van der Waals surface area contributed by atoms with E-state index in [1.54, 1.807) is 97.3 Å². The van der Waals surface area contributed by atoms with Gasteiger partial charge in [0.1, 0.15) is 66.5 Å². The summed E-state index contributed by atoms with van der Waals surface area (Å²) in [6.07, 6.45) is 8.70. The molecule has 2 saturated heterocycles. The minimum Gasteiger partial charge on any atom is -0.481 e. The zero-order chi connectivity index (χ0) is 100. The van der Waals surface area contributed by atoms with Crippen LogP contribution in [-0.4, -0.2) is 300 Å². The molecule has 12 bridgehead atoms. The van der Waals surface area contributed by atoms with Crippen LogP contribution in [0.3, 0.4) is 0 Å². The average Bonchev–Trinajstić information content (AvgIpc) is 1.46. The summed E-state index contributed by atoms with van der Waals surface area (Å²) < 4.78 is 80.1. The molecule has 7 aromatic rings. The first-order valence-corrected chi connectivity index (χ1v) is 53.5. The number of H-pyrrole nitrogens is 2. The lowest BCUT2D eigenvalue weighted by atomic mass is 9.97. The first-order valence-electron chi connectivity index (χ1n) is 45.5. The summed E-state index contributed by atoms with van der Waals surface area (Å²) >= 11 is 2.91. The fourth-order valence-corrected chi connectivity index (χ4v) is 25.0. The van der Waals surface area contributed by atoms with Crippen molar-refractivity contribution in [3.8, 4) is 0 Å². The van der Waals surface area contributed by atoms with E-state index >= 15 is 40.2 Å². The number of rotatable bonds is 11. The number of amides is 13. The van der Waals surface area contributed by atoms with Crippen molar-refractivity contribution in [1.29, 1.82) is 0 Å². The molecule has 0 radical (unpaired) electrons. The van der Waals surface area contributed by atoms with Crippen LogP contribution in [0.15, 0.2) is 116 Å². The number of hydrogen-bond donors (Lipinski definition) is 17. The lowest BCUT2D eigenvalue weighted by molar-refractivity contribution is -0.143. The molecular formula is C90H118N22O21S6. The third kappa shape index (κ3) is 29.3. The second kappa shape index (κ2) is 49.0. The Balaban J connectivity index is 0.933. The van der Waals surface area contributed by atoms with Crippen LogP contribution >= 0.6 is 35.3 Å². The van der Waals surface area contributed by atoms with Crippen LogP contribution in [0.2, 0.25) is 0 Å². The second-order valence-electron chi connectivity index (χ2n) is 35.6. The van der Waals surface area contributed by atoms with Crippen LogP contribution in [0.4, 0.5) is 0 Å². The fourth-order valence-electron chi connectivity index (χ4n) is 16.7. The Morgan fingerprint density at radius 3 is 1.56 bits per heavy atom. The maximum absolute atomic E-state index is 15.7. The minimum atomic E-state index is -4.44. The topological polar surface area (TPSA) is 632 Å². The number of fused-ring (bicyclic) bond motifs is 15. The number of aliphatic hydroxyl groups excluding tert-OH is 1. The summed E-state index contributed by atoms with van der Waals surface area (Å²) in [7, 11) is -10.9. The Bertz CT molecular complexity index is 5950. The van der Waals surface area contributed by atoms with Crippen LogP contribution in [-0.2, 0) is 150 Å². The van der Waals surface area contributed by atoms with Crippen LogP contribution in [0.5, 0.6) is 0 Å². The van der Waals surface area contributed by atoms with E-state index in [1.165, 1.54) is 67.2 Å². The maximum Gasteiger partial charge on any atom is 0.305 e. The zero-order valence-electron chi connectivity index (χ0n) is 77.2. The number of carboxylic acids is 1. The van der Waals surface area contributed by atoms with Gasteiger partial charge in [-0.2, -0.15) is 43.9 Å². The molecule has 5 aliphatic heterocycles. The van der Waals surface area contributed by atoms with Crippen molar-refractivity contribution in [1.82, 2.24) is 101 Å². The van der Waals surface area contributed by atoms with Crippen LogP contribution in [0.1, 0.15) is 118 Å². The predicted molar refractivity (Wildman–Crippen MR) is 519 cm³/mol. The van der Waals surface area contributed by atoms with E-state index < -0.39 is 229 Å². The number of nitrogens with zero attached hydrogens (tertiary/aromatic N) is 7. The van der Waals surface area contributed by atoms with Gasteiger partial charge in [-0.25, -0.2) is 25.3 Å². The third-order valence-corrected chi connectivity index (χ3v) is 33.1. The maximum atomic E-state index is 15.7. The number of carbonyl (C=O) groups excluding carboxylic acids is 13. The number of aromatic amines is 2. The highest BCUT2D eigenvalue weighted by atomic mass is 32.2. The number of para-hydroxylation sites is 2. The number of carboxylic acid groups (broad SMARTS) is 1. The number of thioether (sulfide) groups is 3. The van der Waals surface area contributed by atoms with Gasteiger partial charge in [-0.05, 0) is 108 Å². The van der Waals surface area contributed by atoms with Crippen molar-refractivity contribution in [2.45, 2.75) is 204 Å². The van der Waals surface area contributed by atoms with Gasteiger partial charge in [-0.15, -0.1) is 0 Å². The molecule has 5 aromatic heterocycles. The molecule has 13 amide bonds. The molecule has 2 fully saturated rings. The molecule has 0 spiro atoms. The van der Waals surface area contributed by atoms with E-state index in [-0.39, 0.29) is 125 Å². The number of primary amides is 1. The van der Waals surface area contributed by atoms with Crippen LogP contribution < -0.4 is 70.0 Å². The quantitative estimate of drug-likeness (QED) is 0.0687. The molecule has 12 rings (SSSR count). The highest BCUT2D eigenvalue weighted by Crippen LogP contribution is 2.29. The molecular weight excluding hydrogens is 1920 g/mol. The van der Waals surface area contributed by atoms with Crippen molar-refractivity contribution in [3.63, 3.8) is 0 Å². The molecule has 0 saturated carbocycles. The summed E-state index contributed by atoms with van der Waals surface area (Å²) in [5.74, 6) is -18.7. The Morgan fingerprint density at radius 2 is 1.03 bits per heavy atom. The van der Waals surface area contributed by atoms with Crippen molar-refractivity contribution in [2.75, 3.05) is 64.9 Å². The molecule has 17 unspecified atom stereocenters. The number of sulfonamides is 2. The first-order chi connectivity index (χ1) is 66.2. The third-order valence-electron chi connectivity index (χ3n) is 24.2. The summed E-state index contributed by atoms with van der Waals surface area (Å²) in [6.45, 7) is 5.02. The van der Waals surface area contributed by atoms with Gasteiger partial charge in [0.2, 0.25) is 96.8 Å². The lowest BCUT2D eigenvalue weighted by Crippen LogP contribution is -2.63. The second-order valence-corrected chi connectivity index (χ2v) is 44.8. The normalized spacial score (nSPS) is 27.3. The van der Waals surface area contributed by atoms with Crippen LogP contribution in [0, 0.1) is 11.8 Å². The summed E-state index contributed by atoms with van der Waals surface area (Å²) in [5.41, 5.74) is 16.4. The van der Waals surface area contributed by atoms with E-state index in [4.69, 9.17) is 11.5 Å². The predicted octanol–water partition coefficient (Wildman–Crippen LogP) is -1.69. The van der Waals surface area contributed by atoms with E-state index in [9.17, 15) is 58.2 Å². The van der Waals surface area contributed by atoms with Crippen molar-refractivity contribution in [2.24, 2.45) is 23.3 Å². The zero-order valence-corrected chi connectivity index (χ0v) is 82.1. The first kappa shape index (κ1) is 106. The van der Waals surface area contributed by atoms with E-state index in [1.807, 2.05) is 0 Å². The van der Waals surface area contributed by atoms with Gasteiger partial charge in [-0.1, -0.05) is 82.3 Å². The lowest BCUT2D eigenvalue weighted by Gasteiger charge is -2.32. The number of nitrogens with two attached hydrogens (primary N) is 2. The van der Waals surface area contributed by atoms with Gasteiger partial charge in [0, 0.05) is 170 Å². The molecule has 2 aromatic carbocycles. The standard InChI is InChI=1S/C90H118N22O21S6/c1-50(2)76-88(126)102-68(31-75(115)116)81(119)98-40-74(114)99-66(29-59-38-96-63-14-8-6-12-61(59)63)83(121)107-77(51(3)4)90(128)112-19-11-17-72(112)87(125)103-69(79(92)117)47-135-21-24-138(130,131)110-43-55-26-53(32-93-34-55)41-109-42-54-27-56(35-94-33-54)44-111(46-58-28-57(45-110)36-95-37-58)139(132,133)25-22-136-49-71(104-80(118)52(5)91)86(124)108-78-73(113)18-10-16-65(100-89(78)127)82(120)105-70(48-134-20-23-137(109)129)85(123)101-67(84(122)106-76)30-60-39-97-64-15-9-7-13-62(60)64/h6-9,12-15,26-28,32-39,50-52,65-73,76-78,96-97,113H,10-11,16-25,29-31,40-49,91H2,1-5H3,(H2,92,117)(H,98,119)(H,99,114)(H,100,127)(H,101,123)(H,102,126)(H,103,125)(H,104,118)(H,105,120)(H,106,122)(H,107,121)(H,108,124)(H,115,116). The Morgan fingerprint density at radius 1 is 0.532 bits per heavy atom. The number of nitrogens with one attached hydrogen (secondary N) is 13. The number of pyridine rings is 3. The summed E-state index contributed by atoms with van der Waals surface area (Å²) in [4.78, 5) is 224. The average molecular weight is 2040 g/mol. The molecule has 17 atom stereocenters.